The number of hydrogen-bond donors (Lipinski definition) is 1. The minimum atomic E-state index is 0.566. The minimum Gasteiger partial charge on any atom is -0.384 e. The van der Waals surface area contributed by atoms with Crippen molar-refractivity contribution in [2.45, 2.75) is 0 Å². The maximum Gasteiger partial charge on any atom is 0.125 e. The fourth-order valence-electron chi connectivity index (χ4n) is 1.27. The van der Waals surface area contributed by atoms with Gasteiger partial charge in [0.25, 0.3) is 0 Å². The van der Waals surface area contributed by atoms with Gasteiger partial charge in [-0.2, -0.15) is 0 Å². The van der Waals surface area contributed by atoms with Gasteiger partial charge in [-0.1, -0.05) is 30.3 Å². The van der Waals surface area contributed by atoms with E-state index in [-0.39, 0.29) is 0 Å². The Kier molecular flexibility index (Phi) is 2.67. The number of halogens is 1. The summed E-state index contributed by atoms with van der Waals surface area (Å²) >= 11 is 2.24. The van der Waals surface area contributed by atoms with Crippen molar-refractivity contribution in [3.63, 3.8) is 0 Å². The third-order valence-electron chi connectivity index (χ3n) is 1.88. The Labute approximate surface area is 96.3 Å². The highest BCUT2D eigenvalue weighted by Gasteiger charge is 2.00. The molecule has 0 unspecified atom stereocenters. The van der Waals surface area contributed by atoms with Gasteiger partial charge >= 0.3 is 0 Å². The van der Waals surface area contributed by atoms with Gasteiger partial charge in [0, 0.05) is 9.13 Å². The smallest absolute Gasteiger partial charge is 0.125 e. The van der Waals surface area contributed by atoms with E-state index in [0.717, 1.165) is 14.8 Å². The average molecular weight is 296 g/mol. The molecule has 1 aromatic carbocycles. The van der Waals surface area contributed by atoms with Crippen LogP contribution in [0.3, 0.4) is 0 Å². The zero-order valence-corrected chi connectivity index (χ0v) is 9.60. The monoisotopic (exact) mass is 296 g/mol. The molecule has 0 bridgehead atoms. The summed E-state index contributed by atoms with van der Waals surface area (Å²) < 4.78 is 1.11. The van der Waals surface area contributed by atoms with Crippen LogP contribution in [0, 0.1) is 3.57 Å². The molecule has 1 heterocycles. The van der Waals surface area contributed by atoms with E-state index < -0.39 is 0 Å². The zero-order valence-electron chi connectivity index (χ0n) is 7.44. The molecule has 2 N–H and O–H groups in total. The molecule has 0 radical (unpaired) electrons. The second kappa shape index (κ2) is 3.96. The summed E-state index contributed by atoms with van der Waals surface area (Å²) in [7, 11) is 0. The summed E-state index contributed by atoms with van der Waals surface area (Å²) in [6.45, 7) is 0. The van der Waals surface area contributed by atoms with Crippen molar-refractivity contribution in [3.05, 3.63) is 46.0 Å². The average Bonchev–Trinajstić information content (AvgIpc) is 2.18. The van der Waals surface area contributed by atoms with E-state index in [1.807, 2.05) is 42.5 Å². The molecule has 14 heavy (non-hydrogen) atoms. The molecule has 0 aliphatic rings. The van der Waals surface area contributed by atoms with Gasteiger partial charge in [-0.25, -0.2) is 4.98 Å². The van der Waals surface area contributed by atoms with Gasteiger partial charge in [0.15, 0.2) is 0 Å². The minimum absolute atomic E-state index is 0.566. The second-order valence-electron chi connectivity index (χ2n) is 2.96. The normalized spacial score (nSPS) is 10.1. The van der Waals surface area contributed by atoms with Crippen molar-refractivity contribution in [1.29, 1.82) is 0 Å². The standard InChI is InChI=1S/C11H9IN2/c12-9-6-10(14-11(13)7-9)8-4-2-1-3-5-8/h1-7H,(H2,13,14). The number of nitrogens with two attached hydrogens (primary N) is 1. The number of benzene rings is 1. The van der Waals surface area contributed by atoms with Crippen LogP contribution in [-0.2, 0) is 0 Å². The molecule has 2 nitrogen and oxygen atoms in total. The molecular weight excluding hydrogens is 287 g/mol. The van der Waals surface area contributed by atoms with E-state index in [1.165, 1.54) is 0 Å². The predicted octanol–water partition coefficient (Wildman–Crippen LogP) is 2.94. The maximum atomic E-state index is 5.68. The van der Waals surface area contributed by atoms with Crippen LogP contribution in [0.25, 0.3) is 11.3 Å². The molecule has 1 aromatic heterocycles. The SMILES string of the molecule is Nc1cc(I)cc(-c2ccccc2)n1. The van der Waals surface area contributed by atoms with E-state index in [1.54, 1.807) is 0 Å². The number of nitrogens with zero attached hydrogens (tertiary/aromatic N) is 1. The molecule has 0 saturated carbocycles. The summed E-state index contributed by atoms with van der Waals surface area (Å²) in [4.78, 5) is 4.28. The number of anilines is 1. The maximum absolute atomic E-state index is 5.68. The lowest BCUT2D eigenvalue weighted by Gasteiger charge is -2.02. The molecule has 0 spiro atoms. The van der Waals surface area contributed by atoms with Gasteiger partial charge in [0.1, 0.15) is 5.82 Å². The van der Waals surface area contributed by atoms with Gasteiger partial charge in [0.05, 0.1) is 5.69 Å². The highest BCUT2D eigenvalue weighted by Crippen LogP contribution is 2.20. The molecule has 70 valence electrons. The van der Waals surface area contributed by atoms with Gasteiger partial charge < -0.3 is 5.73 Å². The summed E-state index contributed by atoms with van der Waals surface area (Å²) in [6.07, 6.45) is 0. The molecule has 0 aliphatic carbocycles. The molecular formula is C11H9IN2. The largest absolute Gasteiger partial charge is 0.384 e. The van der Waals surface area contributed by atoms with Crippen LogP contribution in [0.15, 0.2) is 42.5 Å². The quantitative estimate of drug-likeness (QED) is 0.822. The third-order valence-corrected chi connectivity index (χ3v) is 2.50. The Morgan fingerprint density at radius 3 is 2.43 bits per heavy atom. The first-order valence-electron chi connectivity index (χ1n) is 4.24. The number of pyridine rings is 1. The van der Waals surface area contributed by atoms with E-state index in [2.05, 4.69) is 27.6 Å². The molecule has 0 saturated heterocycles. The van der Waals surface area contributed by atoms with Crippen LogP contribution in [0.1, 0.15) is 0 Å². The van der Waals surface area contributed by atoms with Gasteiger partial charge in [-0.05, 0) is 34.7 Å². The van der Waals surface area contributed by atoms with Crippen LogP contribution in [-0.4, -0.2) is 4.98 Å². The van der Waals surface area contributed by atoms with Crippen molar-refractivity contribution in [3.8, 4) is 11.3 Å². The fraction of sp³-hybridized carbons (Fsp3) is 0. The Balaban J connectivity index is 2.52. The first kappa shape index (κ1) is 9.45. The van der Waals surface area contributed by atoms with Gasteiger partial charge in [-0.3, -0.25) is 0 Å². The fourth-order valence-corrected chi connectivity index (χ4v) is 1.89. The van der Waals surface area contributed by atoms with Crippen LogP contribution in [0.2, 0.25) is 0 Å². The van der Waals surface area contributed by atoms with Crippen molar-refractivity contribution >= 4 is 28.4 Å². The van der Waals surface area contributed by atoms with Crippen LogP contribution >= 0.6 is 22.6 Å². The summed E-state index contributed by atoms with van der Waals surface area (Å²) in [5, 5.41) is 0. The summed E-state index contributed by atoms with van der Waals surface area (Å²) in [5.74, 6) is 0.566. The highest BCUT2D eigenvalue weighted by atomic mass is 127. The van der Waals surface area contributed by atoms with E-state index in [0.29, 0.717) is 5.82 Å². The Morgan fingerprint density at radius 2 is 1.79 bits per heavy atom. The van der Waals surface area contributed by atoms with Crippen LogP contribution < -0.4 is 5.73 Å². The topological polar surface area (TPSA) is 38.9 Å². The predicted molar refractivity (Wildman–Crippen MR) is 66.8 cm³/mol. The van der Waals surface area contributed by atoms with Crippen LogP contribution in [0.4, 0.5) is 5.82 Å². The zero-order chi connectivity index (χ0) is 9.97. The number of rotatable bonds is 1. The first-order chi connectivity index (χ1) is 6.75. The summed E-state index contributed by atoms with van der Waals surface area (Å²) in [5.41, 5.74) is 7.70. The summed E-state index contributed by atoms with van der Waals surface area (Å²) in [6, 6.07) is 13.9. The number of hydrogen-bond acceptors (Lipinski definition) is 2. The second-order valence-corrected chi connectivity index (χ2v) is 4.21. The molecule has 0 atom stereocenters. The number of aromatic nitrogens is 1. The Bertz CT molecular complexity index is 420. The van der Waals surface area contributed by atoms with Gasteiger partial charge in [-0.15, -0.1) is 0 Å². The van der Waals surface area contributed by atoms with Crippen molar-refractivity contribution in [1.82, 2.24) is 4.98 Å². The lowest BCUT2D eigenvalue weighted by molar-refractivity contribution is 1.32. The van der Waals surface area contributed by atoms with Crippen LogP contribution in [0.5, 0.6) is 0 Å². The Hall–Kier alpha value is -1.10. The third kappa shape index (κ3) is 2.04. The molecule has 2 aromatic rings. The molecule has 0 amide bonds. The molecule has 0 aliphatic heterocycles. The lowest BCUT2D eigenvalue weighted by Crippen LogP contribution is -1.93. The van der Waals surface area contributed by atoms with E-state index >= 15 is 0 Å². The Morgan fingerprint density at radius 1 is 1.07 bits per heavy atom. The van der Waals surface area contributed by atoms with Crippen molar-refractivity contribution in [2.75, 3.05) is 5.73 Å². The first-order valence-corrected chi connectivity index (χ1v) is 5.32. The lowest BCUT2D eigenvalue weighted by atomic mass is 10.1. The molecule has 0 fully saturated rings. The van der Waals surface area contributed by atoms with Crippen molar-refractivity contribution < 1.29 is 0 Å². The number of nitrogen functional groups attached to an aromatic ring is 1. The van der Waals surface area contributed by atoms with Gasteiger partial charge in [0.2, 0.25) is 0 Å². The van der Waals surface area contributed by atoms with E-state index in [4.69, 9.17) is 5.73 Å². The highest BCUT2D eigenvalue weighted by molar-refractivity contribution is 14.1. The molecule has 2 rings (SSSR count). The van der Waals surface area contributed by atoms with Crippen molar-refractivity contribution in [2.24, 2.45) is 0 Å². The molecule has 3 heteroatoms. The van der Waals surface area contributed by atoms with E-state index in [9.17, 15) is 0 Å².